The summed E-state index contributed by atoms with van der Waals surface area (Å²) in [5.74, 6) is 1.60. The largest absolute Gasteiger partial charge is 0.384 e. The van der Waals surface area contributed by atoms with Crippen molar-refractivity contribution in [3.63, 3.8) is 0 Å². The molecule has 0 spiro atoms. The molecule has 7 heteroatoms. The van der Waals surface area contributed by atoms with Crippen molar-refractivity contribution < 1.29 is 9.63 Å². The Morgan fingerprint density at radius 3 is 2.52 bits per heavy atom. The molecule has 1 unspecified atom stereocenters. The average Bonchev–Trinajstić information content (AvgIpc) is 2.95. The van der Waals surface area contributed by atoms with E-state index in [1.165, 1.54) is 5.56 Å². The van der Waals surface area contributed by atoms with Gasteiger partial charge in [-0.2, -0.15) is 0 Å². The third-order valence-corrected chi connectivity index (χ3v) is 4.36. The van der Waals surface area contributed by atoms with Crippen molar-refractivity contribution in [3.05, 3.63) is 52.9 Å². The summed E-state index contributed by atoms with van der Waals surface area (Å²) in [6.07, 6.45) is 1.86. The van der Waals surface area contributed by atoms with E-state index in [1.54, 1.807) is 6.92 Å². The predicted molar refractivity (Wildman–Crippen MR) is 120 cm³/mol. The summed E-state index contributed by atoms with van der Waals surface area (Å²) < 4.78 is 5.20. The molecule has 27 heavy (non-hydrogen) atoms. The first-order chi connectivity index (χ1) is 12.4. The number of hydrogen-bond donors (Lipinski definition) is 3. The van der Waals surface area contributed by atoms with Gasteiger partial charge in [-0.1, -0.05) is 35.5 Å². The van der Waals surface area contributed by atoms with Crippen LogP contribution in [0.15, 0.2) is 39.8 Å². The molecule has 2 rings (SSSR count). The molecule has 0 bridgehead atoms. The van der Waals surface area contributed by atoms with Crippen LogP contribution in [0.4, 0.5) is 0 Å². The van der Waals surface area contributed by atoms with E-state index in [9.17, 15) is 5.11 Å². The lowest BCUT2D eigenvalue weighted by Crippen LogP contribution is -2.39. The number of benzene rings is 1. The van der Waals surface area contributed by atoms with Crippen LogP contribution in [0.3, 0.4) is 0 Å². The van der Waals surface area contributed by atoms with Gasteiger partial charge in [0.25, 0.3) is 0 Å². The predicted octanol–water partition coefficient (Wildman–Crippen LogP) is 3.30. The summed E-state index contributed by atoms with van der Waals surface area (Å²) in [4.78, 5) is 4.54. The van der Waals surface area contributed by atoms with Crippen molar-refractivity contribution in [2.24, 2.45) is 4.99 Å². The molecule has 0 saturated heterocycles. The monoisotopic (exact) mass is 486 g/mol. The molecule has 1 aromatic heterocycles. The minimum atomic E-state index is -1.000. The van der Waals surface area contributed by atoms with Gasteiger partial charge < -0.3 is 20.3 Å². The van der Waals surface area contributed by atoms with E-state index < -0.39 is 5.60 Å². The van der Waals surface area contributed by atoms with E-state index in [0.29, 0.717) is 5.96 Å². The highest BCUT2D eigenvalue weighted by Crippen LogP contribution is 2.20. The zero-order valence-electron chi connectivity index (χ0n) is 16.6. The molecule has 1 heterocycles. The molecule has 0 fully saturated rings. The first kappa shape index (κ1) is 23.4. The second kappa shape index (κ2) is 11.3. The molecule has 0 aliphatic carbocycles. The molecule has 3 N–H and O–H groups in total. The van der Waals surface area contributed by atoms with Crippen LogP contribution in [0.2, 0.25) is 0 Å². The summed E-state index contributed by atoms with van der Waals surface area (Å²) in [7, 11) is 0. The molecule has 0 aliphatic heterocycles. The second-order valence-electron chi connectivity index (χ2n) is 6.67. The summed E-state index contributed by atoms with van der Waals surface area (Å²) in [5.41, 5.74) is 2.00. The molecule has 0 aliphatic rings. The quantitative estimate of drug-likeness (QED) is 0.231. The number of nitrogens with one attached hydrogen (secondary N) is 2. The lowest BCUT2D eigenvalue weighted by molar-refractivity contribution is 0.0672. The van der Waals surface area contributed by atoms with Gasteiger partial charge >= 0.3 is 0 Å². The molecular weight excluding hydrogens is 455 g/mol. The van der Waals surface area contributed by atoms with Crippen LogP contribution in [-0.4, -0.2) is 35.9 Å². The van der Waals surface area contributed by atoms with Gasteiger partial charge in [0.05, 0.1) is 12.2 Å². The molecule has 1 aromatic carbocycles. The van der Waals surface area contributed by atoms with Crippen molar-refractivity contribution in [2.75, 3.05) is 19.6 Å². The fourth-order valence-corrected chi connectivity index (χ4v) is 2.79. The fraction of sp³-hybridized carbons (Fsp3) is 0.500. The second-order valence-corrected chi connectivity index (χ2v) is 6.67. The first-order valence-corrected chi connectivity index (χ1v) is 9.16. The van der Waals surface area contributed by atoms with E-state index in [2.05, 4.69) is 20.8 Å². The third kappa shape index (κ3) is 7.14. The van der Waals surface area contributed by atoms with Crippen LogP contribution in [0.5, 0.6) is 0 Å². The van der Waals surface area contributed by atoms with Crippen molar-refractivity contribution in [3.8, 4) is 0 Å². The highest BCUT2D eigenvalue weighted by molar-refractivity contribution is 14.0. The maximum absolute atomic E-state index is 10.7. The lowest BCUT2D eigenvalue weighted by Gasteiger charge is -2.22. The first-order valence-electron chi connectivity index (χ1n) is 9.16. The Morgan fingerprint density at radius 1 is 1.22 bits per heavy atom. The standard InChI is InChI=1S/C20H30N4O2.HI/c1-5-21-19(22-13-9-12-18-15(2)24-26-16(18)3)23-14-20(4,25)17-10-7-6-8-11-17;/h6-8,10-11,25H,5,9,12-14H2,1-4H3,(H2,21,22,23);1H. The van der Waals surface area contributed by atoms with E-state index in [1.807, 2.05) is 51.1 Å². The number of aliphatic imine (C=N–C) groups is 1. The Hall–Kier alpha value is -1.61. The normalized spacial score (nSPS) is 13.6. The molecule has 0 saturated carbocycles. The van der Waals surface area contributed by atoms with Crippen LogP contribution in [0, 0.1) is 13.8 Å². The van der Waals surface area contributed by atoms with E-state index >= 15 is 0 Å². The lowest BCUT2D eigenvalue weighted by atomic mass is 9.96. The number of aromatic nitrogens is 1. The van der Waals surface area contributed by atoms with Gasteiger partial charge in [-0.15, -0.1) is 24.0 Å². The SMILES string of the molecule is CCNC(=NCC(C)(O)c1ccccc1)NCCCc1c(C)noc1C.I. The minimum Gasteiger partial charge on any atom is -0.384 e. The maximum Gasteiger partial charge on any atom is 0.191 e. The van der Waals surface area contributed by atoms with Gasteiger partial charge in [0, 0.05) is 18.7 Å². The van der Waals surface area contributed by atoms with E-state index in [-0.39, 0.29) is 30.5 Å². The number of halogens is 1. The highest BCUT2D eigenvalue weighted by atomic mass is 127. The van der Waals surface area contributed by atoms with E-state index in [4.69, 9.17) is 4.52 Å². The Bertz CT molecular complexity index is 695. The number of rotatable bonds is 8. The molecule has 2 aromatic rings. The van der Waals surface area contributed by atoms with Crippen molar-refractivity contribution in [1.82, 2.24) is 15.8 Å². The van der Waals surface area contributed by atoms with Crippen LogP contribution < -0.4 is 10.6 Å². The van der Waals surface area contributed by atoms with Gasteiger partial charge in [-0.05, 0) is 46.1 Å². The van der Waals surface area contributed by atoms with E-state index in [0.717, 1.165) is 42.9 Å². The summed E-state index contributed by atoms with van der Waals surface area (Å²) in [6, 6.07) is 9.61. The third-order valence-electron chi connectivity index (χ3n) is 4.36. The molecule has 0 radical (unpaired) electrons. The average molecular weight is 486 g/mol. The number of aliphatic hydroxyl groups is 1. The van der Waals surface area contributed by atoms with Gasteiger partial charge in [0.2, 0.25) is 0 Å². The molecule has 6 nitrogen and oxygen atoms in total. The van der Waals surface area contributed by atoms with Crippen LogP contribution in [-0.2, 0) is 12.0 Å². The Kier molecular flexibility index (Phi) is 9.79. The zero-order valence-corrected chi connectivity index (χ0v) is 18.9. The van der Waals surface area contributed by atoms with Gasteiger partial charge in [-0.25, -0.2) is 4.99 Å². The maximum atomic E-state index is 10.7. The smallest absolute Gasteiger partial charge is 0.191 e. The van der Waals surface area contributed by atoms with Crippen LogP contribution in [0.1, 0.15) is 42.8 Å². The summed E-state index contributed by atoms with van der Waals surface area (Å²) in [5, 5.41) is 21.2. The Morgan fingerprint density at radius 2 is 1.93 bits per heavy atom. The summed E-state index contributed by atoms with van der Waals surface area (Å²) in [6.45, 7) is 9.56. The molecular formula is C20H31IN4O2. The number of guanidine groups is 1. The summed E-state index contributed by atoms with van der Waals surface area (Å²) >= 11 is 0. The topological polar surface area (TPSA) is 82.7 Å². The highest BCUT2D eigenvalue weighted by Gasteiger charge is 2.22. The van der Waals surface area contributed by atoms with Gasteiger partial charge in [0.15, 0.2) is 5.96 Å². The van der Waals surface area contributed by atoms with Crippen LogP contribution in [0.25, 0.3) is 0 Å². The van der Waals surface area contributed by atoms with Gasteiger partial charge in [0.1, 0.15) is 11.4 Å². The molecule has 1 atom stereocenters. The Labute approximate surface area is 178 Å². The number of hydrogen-bond acceptors (Lipinski definition) is 4. The molecule has 150 valence electrons. The number of aryl methyl sites for hydroxylation is 2. The Balaban J connectivity index is 0.00000364. The zero-order chi connectivity index (χ0) is 19.0. The van der Waals surface area contributed by atoms with Crippen molar-refractivity contribution >= 4 is 29.9 Å². The van der Waals surface area contributed by atoms with Crippen LogP contribution >= 0.6 is 24.0 Å². The fourth-order valence-electron chi connectivity index (χ4n) is 2.79. The molecule has 0 amide bonds. The minimum absolute atomic E-state index is 0. The van der Waals surface area contributed by atoms with Gasteiger partial charge in [-0.3, -0.25) is 0 Å². The van der Waals surface area contributed by atoms with Crippen molar-refractivity contribution in [2.45, 2.75) is 46.1 Å². The number of nitrogens with zero attached hydrogens (tertiary/aromatic N) is 2. The van der Waals surface area contributed by atoms with Crippen molar-refractivity contribution in [1.29, 1.82) is 0 Å².